The first-order valence-electron chi connectivity index (χ1n) is 2.99. The van der Waals surface area contributed by atoms with Gasteiger partial charge in [0.15, 0.2) is 0 Å². The van der Waals surface area contributed by atoms with Crippen molar-refractivity contribution in [2.45, 2.75) is 13.3 Å². The average Bonchev–Trinajstić information content (AvgIpc) is 1.79. The Morgan fingerprint density at radius 1 is 1.67 bits per heavy atom. The van der Waals surface area contributed by atoms with Crippen LogP contribution in [0.5, 0.6) is 0 Å². The van der Waals surface area contributed by atoms with Gasteiger partial charge in [0.25, 0.3) is 0 Å². The van der Waals surface area contributed by atoms with E-state index in [1.54, 1.807) is 12.5 Å². The Kier molecular flexibility index (Phi) is 2.07. The van der Waals surface area contributed by atoms with E-state index in [4.69, 9.17) is 0 Å². The molecule has 0 radical (unpaired) electrons. The lowest BCUT2D eigenvalue weighted by Gasteiger charge is -1.98. The minimum Gasteiger partial charge on any atom is -0.350 e. The van der Waals surface area contributed by atoms with E-state index in [-0.39, 0.29) is 0 Å². The molecule has 48 valence electrons. The maximum atomic E-state index is 3.92. The second-order valence-corrected chi connectivity index (χ2v) is 1.93. The SMILES string of the molecule is CC1=CC/C=C\N=CN1. The lowest BCUT2D eigenvalue weighted by Crippen LogP contribution is -2.07. The van der Waals surface area contributed by atoms with E-state index in [0.717, 1.165) is 12.1 Å². The van der Waals surface area contributed by atoms with Gasteiger partial charge >= 0.3 is 0 Å². The third-order valence-electron chi connectivity index (χ3n) is 1.12. The fraction of sp³-hybridized carbons (Fsp3) is 0.286. The topological polar surface area (TPSA) is 24.4 Å². The number of hydrogen-bond acceptors (Lipinski definition) is 2. The Morgan fingerprint density at radius 3 is 3.44 bits per heavy atom. The first-order chi connectivity index (χ1) is 4.39. The summed E-state index contributed by atoms with van der Waals surface area (Å²) in [6.45, 7) is 2.02. The molecule has 0 aromatic carbocycles. The van der Waals surface area contributed by atoms with Gasteiger partial charge in [0.2, 0.25) is 0 Å². The van der Waals surface area contributed by atoms with Crippen LogP contribution in [0.25, 0.3) is 0 Å². The lowest BCUT2D eigenvalue weighted by atomic mass is 10.3. The molecule has 9 heavy (non-hydrogen) atoms. The molecule has 2 heteroatoms. The van der Waals surface area contributed by atoms with Gasteiger partial charge in [-0.05, 0) is 13.3 Å². The summed E-state index contributed by atoms with van der Waals surface area (Å²) in [5, 5.41) is 3.00. The molecule has 0 saturated heterocycles. The second-order valence-electron chi connectivity index (χ2n) is 1.93. The van der Waals surface area contributed by atoms with Crippen LogP contribution in [0.15, 0.2) is 29.0 Å². The fourth-order valence-corrected chi connectivity index (χ4v) is 0.608. The normalized spacial score (nSPS) is 21.2. The summed E-state index contributed by atoms with van der Waals surface area (Å²) in [6, 6.07) is 0. The molecule has 1 aliphatic heterocycles. The van der Waals surface area contributed by atoms with Crippen molar-refractivity contribution in [3.8, 4) is 0 Å². The van der Waals surface area contributed by atoms with Crippen LogP contribution in [-0.2, 0) is 0 Å². The van der Waals surface area contributed by atoms with Crippen LogP contribution in [0.2, 0.25) is 0 Å². The van der Waals surface area contributed by atoms with E-state index in [1.165, 1.54) is 0 Å². The van der Waals surface area contributed by atoms with Crippen molar-refractivity contribution in [3.05, 3.63) is 24.0 Å². The highest BCUT2D eigenvalue weighted by atomic mass is 14.9. The summed E-state index contributed by atoms with van der Waals surface area (Å²) in [5.74, 6) is 0. The lowest BCUT2D eigenvalue weighted by molar-refractivity contribution is 1.10. The molecule has 1 aliphatic rings. The number of hydrogen-bond donors (Lipinski definition) is 1. The molecular weight excluding hydrogens is 112 g/mol. The molecule has 0 saturated carbocycles. The molecule has 0 bridgehead atoms. The minimum absolute atomic E-state index is 0.968. The monoisotopic (exact) mass is 122 g/mol. The quantitative estimate of drug-likeness (QED) is 0.516. The third kappa shape index (κ3) is 2.13. The van der Waals surface area contributed by atoms with Crippen LogP contribution in [0.3, 0.4) is 0 Å². The molecule has 0 atom stereocenters. The molecule has 0 aromatic heterocycles. The van der Waals surface area contributed by atoms with E-state index in [2.05, 4.69) is 16.4 Å². The summed E-state index contributed by atoms with van der Waals surface area (Å²) in [4.78, 5) is 3.92. The van der Waals surface area contributed by atoms with Gasteiger partial charge < -0.3 is 5.32 Å². The van der Waals surface area contributed by atoms with Crippen molar-refractivity contribution in [2.75, 3.05) is 0 Å². The van der Waals surface area contributed by atoms with Crippen molar-refractivity contribution < 1.29 is 0 Å². The van der Waals surface area contributed by atoms with Gasteiger partial charge in [-0.25, -0.2) is 4.99 Å². The number of rotatable bonds is 0. The predicted octanol–water partition coefficient (Wildman–Crippen LogP) is 1.43. The Labute approximate surface area is 55.0 Å². The van der Waals surface area contributed by atoms with Crippen LogP contribution < -0.4 is 5.32 Å². The van der Waals surface area contributed by atoms with Crippen LogP contribution in [-0.4, -0.2) is 6.34 Å². The molecular formula is C7H10N2. The summed E-state index contributed by atoms with van der Waals surface area (Å²) in [7, 11) is 0. The number of nitrogens with zero attached hydrogens (tertiary/aromatic N) is 1. The molecule has 0 spiro atoms. The van der Waals surface area contributed by atoms with Crippen LogP contribution in [0, 0.1) is 0 Å². The van der Waals surface area contributed by atoms with E-state index in [9.17, 15) is 0 Å². The largest absolute Gasteiger partial charge is 0.350 e. The maximum absolute atomic E-state index is 3.92. The molecule has 1 rings (SSSR count). The van der Waals surface area contributed by atoms with E-state index < -0.39 is 0 Å². The molecule has 0 amide bonds. The Morgan fingerprint density at radius 2 is 2.56 bits per heavy atom. The van der Waals surface area contributed by atoms with Gasteiger partial charge in [0, 0.05) is 11.9 Å². The van der Waals surface area contributed by atoms with E-state index in [0.29, 0.717) is 0 Å². The zero-order chi connectivity index (χ0) is 6.53. The summed E-state index contributed by atoms with van der Waals surface area (Å²) in [6.07, 6.45) is 8.57. The van der Waals surface area contributed by atoms with Gasteiger partial charge in [0.1, 0.15) is 0 Å². The summed E-state index contributed by atoms with van der Waals surface area (Å²) >= 11 is 0. The van der Waals surface area contributed by atoms with E-state index >= 15 is 0 Å². The number of aliphatic imine (C=N–C) groups is 1. The van der Waals surface area contributed by atoms with E-state index in [1.807, 2.05) is 13.0 Å². The third-order valence-corrected chi connectivity index (χ3v) is 1.12. The van der Waals surface area contributed by atoms with Crippen LogP contribution >= 0.6 is 0 Å². The standard InChI is InChI=1S/C7H10N2/c1-7-4-2-3-5-8-6-9-7/h3-6H,2H2,1H3,(H,8,9)/b5-3-,7-4?. The molecule has 2 nitrogen and oxygen atoms in total. The highest BCUT2D eigenvalue weighted by Gasteiger charge is 1.83. The van der Waals surface area contributed by atoms with Crippen molar-refractivity contribution >= 4 is 6.34 Å². The summed E-state index contributed by atoms with van der Waals surface area (Å²) in [5.41, 5.74) is 1.16. The first-order valence-corrected chi connectivity index (χ1v) is 2.99. The zero-order valence-electron chi connectivity index (χ0n) is 5.46. The number of nitrogens with one attached hydrogen (secondary N) is 1. The number of allylic oxidation sites excluding steroid dienone is 3. The Balaban J connectivity index is 2.61. The molecule has 0 aliphatic carbocycles. The molecule has 1 N–H and O–H groups in total. The van der Waals surface area contributed by atoms with Crippen molar-refractivity contribution in [1.29, 1.82) is 0 Å². The molecule has 1 heterocycles. The summed E-state index contributed by atoms with van der Waals surface area (Å²) < 4.78 is 0. The van der Waals surface area contributed by atoms with Gasteiger partial charge in [-0.15, -0.1) is 0 Å². The second kappa shape index (κ2) is 3.07. The average molecular weight is 122 g/mol. The zero-order valence-corrected chi connectivity index (χ0v) is 5.46. The first kappa shape index (κ1) is 6.08. The van der Waals surface area contributed by atoms with Gasteiger partial charge in [-0.3, -0.25) is 0 Å². The van der Waals surface area contributed by atoms with Crippen molar-refractivity contribution in [2.24, 2.45) is 4.99 Å². The van der Waals surface area contributed by atoms with Gasteiger partial charge in [-0.1, -0.05) is 12.2 Å². The van der Waals surface area contributed by atoms with Gasteiger partial charge in [0.05, 0.1) is 6.34 Å². The Hall–Kier alpha value is -1.05. The van der Waals surface area contributed by atoms with Crippen molar-refractivity contribution in [3.63, 3.8) is 0 Å². The van der Waals surface area contributed by atoms with Gasteiger partial charge in [-0.2, -0.15) is 0 Å². The van der Waals surface area contributed by atoms with Crippen LogP contribution in [0.4, 0.5) is 0 Å². The fourth-order valence-electron chi connectivity index (χ4n) is 0.608. The van der Waals surface area contributed by atoms with Crippen molar-refractivity contribution in [1.82, 2.24) is 5.32 Å². The highest BCUT2D eigenvalue weighted by molar-refractivity contribution is 5.58. The van der Waals surface area contributed by atoms with Crippen LogP contribution in [0.1, 0.15) is 13.3 Å². The maximum Gasteiger partial charge on any atom is 0.0920 e. The highest BCUT2D eigenvalue weighted by Crippen LogP contribution is 1.93. The Bertz CT molecular complexity index is 166. The molecule has 0 fully saturated rings. The smallest absolute Gasteiger partial charge is 0.0920 e. The predicted molar refractivity (Wildman–Crippen MR) is 39.1 cm³/mol. The molecule has 0 aromatic rings. The molecule has 0 unspecified atom stereocenters. The minimum atomic E-state index is 0.968.